The molecule has 0 unspecified atom stereocenters. The van der Waals surface area contributed by atoms with Crippen LogP contribution in [0.5, 0.6) is 0 Å². The molecule has 1 saturated carbocycles. The van der Waals surface area contributed by atoms with Gasteiger partial charge in [-0.2, -0.15) is 0 Å². The van der Waals surface area contributed by atoms with Crippen LogP contribution in [0, 0.1) is 5.41 Å². The van der Waals surface area contributed by atoms with Crippen molar-refractivity contribution in [3.63, 3.8) is 0 Å². The number of pyridine rings is 1. The Hall–Kier alpha value is -1.91. The molecule has 1 aromatic heterocycles. The molecule has 0 aromatic carbocycles. The van der Waals surface area contributed by atoms with Gasteiger partial charge in [-0.1, -0.05) is 19.8 Å². The standard InChI is InChI=1S/C15H20N2O3/c1-2-15(6-3-4-7-15)10-17-13(18)12-9-11(14(19)20)5-8-16-12/h5,8-9H,2-4,6-7,10H2,1H3,(H,17,18)(H,19,20). The number of hydrogen-bond acceptors (Lipinski definition) is 3. The Kier molecular flexibility index (Phi) is 4.37. The zero-order chi connectivity index (χ0) is 14.6. The highest BCUT2D eigenvalue weighted by Crippen LogP contribution is 2.40. The van der Waals surface area contributed by atoms with Gasteiger partial charge in [0.15, 0.2) is 0 Å². The molecule has 0 saturated heterocycles. The predicted octanol–water partition coefficient (Wildman–Crippen LogP) is 2.48. The summed E-state index contributed by atoms with van der Waals surface area (Å²) in [5.41, 5.74) is 0.449. The molecule has 5 heteroatoms. The van der Waals surface area contributed by atoms with Gasteiger partial charge in [0.1, 0.15) is 5.69 Å². The predicted molar refractivity (Wildman–Crippen MR) is 74.7 cm³/mol. The van der Waals surface area contributed by atoms with E-state index >= 15 is 0 Å². The van der Waals surface area contributed by atoms with Crippen LogP contribution in [0.2, 0.25) is 0 Å². The van der Waals surface area contributed by atoms with Crippen LogP contribution < -0.4 is 5.32 Å². The van der Waals surface area contributed by atoms with Crippen molar-refractivity contribution >= 4 is 11.9 Å². The molecule has 2 N–H and O–H groups in total. The van der Waals surface area contributed by atoms with E-state index in [1.54, 1.807) is 0 Å². The molecule has 1 aliphatic rings. The lowest BCUT2D eigenvalue weighted by Gasteiger charge is -2.27. The molecule has 0 radical (unpaired) electrons. The molecule has 0 atom stereocenters. The van der Waals surface area contributed by atoms with Gasteiger partial charge in [0, 0.05) is 12.7 Å². The maximum absolute atomic E-state index is 12.1. The minimum atomic E-state index is -1.05. The average molecular weight is 276 g/mol. The molecular formula is C15H20N2O3. The summed E-state index contributed by atoms with van der Waals surface area (Å²) in [5, 5.41) is 11.8. The molecule has 1 aliphatic carbocycles. The van der Waals surface area contributed by atoms with Gasteiger partial charge in [-0.3, -0.25) is 9.78 Å². The number of nitrogens with one attached hydrogen (secondary N) is 1. The zero-order valence-electron chi connectivity index (χ0n) is 11.7. The number of aromatic nitrogens is 1. The summed E-state index contributed by atoms with van der Waals surface area (Å²) in [7, 11) is 0. The highest BCUT2D eigenvalue weighted by molar-refractivity contribution is 5.95. The third kappa shape index (κ3) is 3.15. The van der Waals surface area contributed by atoms with Crippen LogP contribution in [0.25, 0.3) is 0 Å². The SMILES string of the molecule is CCC1(CNC(=O)c2cc(C(=O)O)ccn2)CCCC1. The lowest BCUT2D eigenvalue weighted by Crippen LogP contribution is -2.36. The molecule has 5 nitrogen and oxygen atoms in total. The molecule has 1 amide bonds. The number of amides is 1. The van der Waals surface area contributed by atoms with E-state index in [-0.39, 0.29) is 22.6 Å². The first-order valence-electron chi connectivity index (χ1n) is 7.04. The van der Waals surface area contributed by atoms with Crippen LogP contribution in [0.1, 0.15) is 59.9 Å². The minimum absolute atomic E-state index is 0.0798. The van der Waals surface area contributed by atoms with Crippen molar-refractivity contribution < 1.29 is 14.7 Å². The highest BCUT2D eigenvalue weighted by Gasteiger charge is 2.32. The average Bonchev–Trinajstić information content (AvgIpc) is 2.94. The first kappa shape index (κ1) is 14.5. The molecule has 0 bridgehead atoms. The van der Waals surface area contributed by atoms with Crippen LogP contribution in [0.15, 0.2) is 18.3 Å². The maximum Gasteiger partial charge on any atom is 0.335 e. The second-order valence-corrected chi connectivity index (χ2v) is 5.48. The van der Waals surface area contributed by atoms with E-state index in [1.165, 1.54) is 31.2 Å². The second-order valence-electron chi connectivity index (χ2n) is 5.48. The van der Waals surface area contributed by atoms with Crippen molar-refractivity contribution in [2.24, 2.45) is 5.41 Å². The van der Waals surface area contributed by atoms with Crippen molar-refractivity contribution in [3.8, 4) is 0 Å². The quantitative estimate of drug-likeness (QED) is 0.866. The fourth-order valence-electron chi connectivity index (χ4n) is 2.83. The molecule has 1 aromatic rings. The summed E-state index contributed by atoms with van der Waals surface area (Å²) in [4.78, 5) is 26.9. The van der Waals surface area contributed by atoms with Gasteiger partial charge >= 0.3 is 5.97 Å². The first-order chi connectivity index (χ1) is 9.56. The van der Waals surface area contributed by atoms with Crippen molar-refractivity contribution in [1.29, 1.82) is 0 Å². The Morgan fingerprint density at radius 1 is 1.40 bits per heavy atom. The summed E-state index contributed by atoms with van der Waals surface area (Å²) in [6, 6.07) is 2.69. The van der Waals surface area contributed by atoms with Crippen molar-refractivity contribution in [1.82, 2.24) is 10.3 Å². The maximum atomic E-state index is 12.1. The minimum Gasteiger partial charge on any atom is -0.478 e. The number of hydrogen-bond donors (Lipinski definition) is 2. The van der Waals surface area contributed by atoms with Gasteiger partial charge in [0.25, 0.3) is 5.91 Å². The molecule has 1 heterocycles. The van der Waals surface area contributed by atoms with Gasteiger partial charge < -0.3 is 10.4 Å². The molecule has 2 rings (SSSR count). The number of carboxylic acid groups (broad SMARTS) is 1. The molecule has 20 heavy (non-hydrogen) atoms. The number of aromatic carboxylic acids is 1. The number of rotatable bonds is 5. The van der Waals surface area contributed by atoms with Crippen molar-refractivity contribution in [2.75, 3.05) is 6.54 Å². The van der Waals surface area contributed by atoms with E-state index in [2.05, 4.69) is 17.2 Å². The monoisotopic (exact) mass is 276 g/mol. The lowest BCUT2D eigenvalue weighted by molar-refractivity contribution is 0.0696. The van der Waals surface area contributed by atoms with Gasteiger partial charge in [0.05, 0.1) is 5.56 Å². The van der Waals surface area contributed by atoms with Crippen LogP contribution in [-0.2, 0) is 0 Å². The topological polar surface area (TPSA) is 79.3 Å². The van der Waals surface area contributed by atoms with Gasteiger partial charge in [-0.25, -0.2) is 4.79 Å². The van der Waals surface area contributed by atoms with Gasteiger partial charge in [-0.15, -0.1) is 0 Å². The molecule has 0 spiro atoms. The van der Waals surface area contributed by atoms with Crippen molar-refractivity contribution in [2.45, 2.75) is 39.0 Å². The largest absolute Gasteiger partial charge is 0.478 e. The third-order valence-corrected chi connectivity index (χ3v) is 4.28. The second kappa shape index (κ2) is 6.03. The van der Waals surface area contributed by atoms with Gasteiger partial charge in [0.2, 0.25) is 0 Å². The van der Waals surface area contributed by atoms with E-state index < -0.39 is 5.97 Å². The molecule has 0 aliphatic heterocycles. The third-order valence-electron chi connectivity index (χ3n) is 4.28. The Bertz CT molecular complexity index is 508. The van der Waals surface area contributed by atoms with E-state index in [4.69, 9.17) is 5.11 Å². The summed E-state index contributed by atoms with van der Waals surface area (Å²) < 4.78 is 0. The molecule has 108 valence electrons. The highest BCUT2D eigenvalue weighted by atomic mass is 16.4. The summed E-state index contributed by atoms with van der Waals surface area (Å²) in [6.07, 6.45) is 7.13. The van der Waals surface area contributed by atoms with E-state index in [1.807, 2.05) is 0 Å². The lowest BCUT2D eigenvalue weighted by atomic mass is 9.83. The number of carboxylic acids is 1. The Balaban J connectivity index is 2.01. The first-order valence-corrected chi connectivity index (χ1v) is 7.04. The van der Waals surface area contributed by atoms with E-state index in [0.29, 0.717) is 6.54 Å². The van der Waals surface area contributed by atoms with Gasteiger partial charge in [-0.05, 0) is 36.8 Å². The Morgan fingerprint density at radius 3 is 2.70 bits per heavy atom. The summed E-state index contributed by atoms with van der Waals surface area (Å²) >= 11 is 0. The van der Waals surface area contributed by atoms with Crippen LogP contribution in [0.4, 0.5) is 0 Å². The fourth-order valence-corrected chi connectivity index (χ4v) is 2.83. The Morgan fingerprint density at radius 2 is 2.10 bits per heavy atom. The number of carbonyl (C=O) groups is 2. The number of carbonyl (C=O) groups excluding carboxylic acids is 1. The van der Waals surface area contributed by atoms with Crippen LogP contribution in [-0.4, -0.2) is 28.5 Å². The fraction of sp³-hybridized carbons (Fsp3) is 0.533. The number of nitrogens with zero attached hydrogens (tertiary/aromatic N) is 1. The summed E-state index contributed by atoms with van der Waals surface area (Å²) in [6.45, 7) is 2.79. The molecule has 1 fully saturated rings. The van der Waals surface area contributed by atoms with Crippen LogP contribution in [0.3, 0.4) is 0 Å². The smallest absolute Gasteiger partial charge is 0.335 e. The van der Waals surface area contributed by atoms with E-state index in [0.717, 1.165) is 19.3 Å². The van der Waals surface area contributed by atoms with Crippen molar-refractivity contribution in [3.05, 3.63) is 29.6 Å². The van der Waals surface area contributed by atoms with E-state index in [9.17, 15) is 9.59 Å². The normalized spacial score (nSPS) is 16.9. The van der Waals surface area contributed by atoms with Crippen LogP contribution >= 0.6 is 0 Å². The Labute approximate surface area is 118 Å². The summed E-state index contributed by atoms with van der Waals surface area (Å²) in [5.74, 6) is -1.35. The zero-order valence-corrected chi connectivity index (χ0v) is 11.7. The molecular weight excluding hydrogens is 256 g/mol.